The molecule has 1 aliphatic heterocycles. The highest BCUT2D eigenvalue weighted by atomic mass is 32.2. The van der Waals surface area contributed by atoms with E-state index in [0.29, 0.717) is 29.5 Å². The van der Waals surface area contributed by atoms with Gasteiger partial charge in [0.2, 0.25) is 27.7 Å². The second kappa shape index (κ2) is 9.48. The maximum absolute atomic E-state index is 11.8. The van der Waals surface area contributed by atoms with Crippen LogP contribution in [0.15, 0.2) is 35.0 Å². The highest BCUT2D eigenvalue weighted by Gasteiger charge is 2.24. The van der Waals surface area contributed by atoms with Gasteiger partial charge in [-0.1, -0.05) is 0 Å². The molecule has 5 rings (SSSR count). The molecule has 1 aromatic carbocycles. The Bertz CT molecular complexity index is 1490. The molecule has 0 spiro atoms. The van der Waals surface area contributed by atoms with E-state index in [9.17, 15) is 8.42 Å². The minimum Gasteiger partial charge on any atom is -0.480 e. The number of aromatic nitrogens is 5. The Balaban J connectivity index is 1.50. The van der Waals surface area contributed by atoms with Crippen LogP contribution in [-0.2, 0) is 21.3 Å². The van der Waals surface area contributed by atoms with Gasteiger partial charge in [-0.15, -0.1) is 10.2 Å². The molecule has 3 aromatic heterocycles. The third-order valence-electron chi connectivity index (χ3n) is 5.78. The summed E-state index contributed by atoms with van der Waals surface area (Å²) in [5.41, 5.74) is 3.11. The molecular weight excluding hydrogens is 486 g/mol. The Morgan fingerprint density at radius 3 is 2.64 bits per heavy atom. The summed E-state index contributed by atoms with van der Waals surface area (Å²) in [7, 11) is -2.11. The van der Waals surface area contributed by atoms with Gasteiger partial charge in [0.1, 0.15) is 5.69 Å². The van der Waals surface area contributed by atoms with Gasteiger partial charge in [-0.2, -0.15) is 5.10 Å². The summed E-state index contributed by atoms with van der Waals surface area (Å²) in [4.78, 5) is 6.50. The van der Waals surface area contributed by atoms with Crippen molar-refractivity contribution in [3.63, 3.8) is 0 Å². The molecule has 190 valence electrons. The topological polar surface area (TPSA) is 148 Å². The number of methoxy groups -OCH3 is 1. The largest absolute Gasteiger partial charge is 0.480 e. The maximum Gasteiger partial charge on any atom is 0.248 e. The van der Waals surface area contributed by atoms with Crippen molar-refractivity contribution in [2.24, 2.45) is 0 Å². The molecule has 12 nitrogen and oxygen atoms in total. The second-order valence-electron chi connectivity index (χ2n) is 8.96. The summed E-state index contributed by atoms with van der Waals surface area (Å²) in [5.74, 6) is 1.04. The van der Waals surface area contributed by atoms with Gasteiger partial charge in [-0.3, -0.25) is 14.7 Å². The average Bonchev–Trinajstić information content (AvgIpc) is 3.46. The van der Waals surface area contributed by atoms with E-state index in [1.54, 1.807) is 18.5 Å². The van der Waals surface area contributed by atoms with Crippen molar-refractivity contribution in [1.29, 1.82) is 0 Å². The highest BCUT2D eigenvalue weighted by molar-refractivity contribution is 7.92. The third-order valence-corrected chi connectivity index (χ3v) is 6.37. The molecule has 0 unspecified atom stereocenters. The van der Waals surface area contributed by atoms with Crippen LogP contribution in [0.4, 0.5) is 5.69 Å². The van der Waals surface area contributed by atoms with Gasteiger partial charge in [0.05, 0.1) is 49.4 Å². The average molecular weight is 514 g/mol. The molecule has 0 amide bonds. The van der Waals surface area contributed by atoms with Crippen molar-refractivity contribution < 1.29 is 22.3 Å². The van der Waals surface area contributed by atoms with Gasteiger partial charge in [0.25, 0.3) is 0 Å². The predicted molar refractivity (Wildman–Crippen MR) is 133 cm³/mol. The fraction of sp³-hybridized carbons (Fsp3) is 0.391. The molecule has 0 aliphatic carbocycles. The number of hydrogen-bond acceptors (Lipinski definition) is 10. The van der Waals surface area contributed by atoms with Crippen molar-refractivity contribution in [1.82, 2.24) is 30.3 Å². The quantitative estimate of drug-likeness (QED) is 0.378. The van der Waals surface area contributed by atoms with Crippen molar-refractivity contribution in [2.45, 2.75) is 32.6 Å². The molecule has 4 heterocycles. The normalized spacial score (nSPS) is 19.0. The van der Waals surface area contributed by atoms with E-state index in [2.05, 4.69) is 35.0 Å². The zero-order valence-corrected chi connectivity index (χ0v) is 21.2. The predicted octanol–water partition coefficient (Wildman–Crippen LogP) is 2.66. The summed E-state index contributed by atoms with van der Waals surface area (Å²) in [6.07, 6.45) is 4.65. The number of nitrogens with zero attached hydrogens (tertiary/aromatic N) is 5. The van der Waals surface area contributed by atoms with Crippen molar-refractivity contribution in [2.75, 3.05) is 31.2 Å². The van der Waals surface area contributed by atoms with Crippen molar-refractivity contribution in [3.05, 3.63) is 36.5 Å². The van der Waals surface area contributed by atoms with Crippen LogP contribution in [-0.4, -0.2) is 77.4 Å². The SMILES string of the molecule is COc1ncc(-c2cc(-c3nnc(CN4C[C@@H](C)O[C@@H](C)C4)o3)c3cn[nH]c3c2)cc1NS(C)(=O)=O. The summed E-state index contributed by atoms with van der Waals surface area (Å²) in [6.45, 7) is 6.21. The van der Waals surface area contributed by atoms with Gasteiger partial charge in [-0.05, 0) is 37.6 Å². The van der Waals surface area contributed by atoms with E-state index in [4.69, 9.17) is 13.9 Å². The fourth-order valence-corrected chi connectivity index (χ4v) is 5.02. The zero-order chi connectivity index (χ0) is 25.4. The molecule has 1 saturated heterocycles. The number of rotatable bonds is 7. The van der Waals surface area contributed by atoms with Crippen LogP contribution >= 0.6 is 0 Å². The number of hydrogen-bond donors (Lipinski definition) is 2. The molecule has 0 bridgehead atoms. The van der Waals surface area contributed by atoms with Crippen LogP contribution in [0.1, 0.15) is 19.7 Å². The first-order valence-corrected chi connectivity index (χ1v) is 13.3. The molecule has 1 aliphatic rings. The second-order valence-corrected chi connectivity index (χ2v) is 10.7. The van der Waals surface area contributed by atoms with Gasteiger partial charge in [-0.25, -0.2) is 13.4 Å². The van der Waals surface area contributed by atoms with E-state index >= 15 is 0 Å². The number of pyridine rings is 1. The first kappa shape index (κ1) is 24.2. The number of aromatic amines is 1. The van der Waals surface area contributed by atoms with E-state index in [1.165, 1.54) is 7.11 Å². The van der Waals surface area contributed by atoms with Gasteiger partial charge < -0.3 is 13.9 Å². The molecule has 13 heteroatoms. The molecule has 36 heavy (non-hydrogen) atoms. The minimum absolute atomic E-state index is 0.138. The number of H-pyrrole nitrogens is 1. The Morgan fingerprint density at radius 2 is 1.92 bits per heavy atom. The number of morpholine rings is 1. The number of anilines is 1. The van der Waals surface area contributed by atoms with Gasteiger partial charge in [0, 0.05) is 30.2 Å². The van der Waals surface area contributed by atoms with E-state index in [1.807, 2.05) is 26.0 Å². The van der Waals surface area contributed by atoms with Gasteiger partial charge >= 0.3 is 0 Å². The molecule has 4 aromatic rings. The van der Waals surface area contributed by atoms with Crippen molar-refractivity contribution >= 4 is 26.6 Å². The lowest BCUT2D eigenvalue weighted by Crippen LogP contribution is -2.44. The number of sulfonamides is 1. The molecule has 1 fully saturated rings. The van der Waals surface area contributed by atoms with Crippen LogP contribution in [0.2, 0.25) is 0 Å². The van der Waals surface area contributed by atoms with Crippen LogP contribution in [0.25, 0.3) is 33.5 Å². The number of fused-ring (bicyclic) bond motifs is 1. The monoisotopic (exact) mass is 513 g/mol. The molecule has 2 atom stereocenters. The zero-order valence-electron chi connectivity index (χ0n) is 20.3. The number of nitrogens with one attached hydrogen (secondary N) is 2. The lowest BCUT2D eigenvalue weighted by atomic mass is 10.0. The summed E-state index contributed by atoms with van der Waals surface area (Å²) in [5, 5.41) is 16.5. The summed E-state index contributed by atoms with van der Waals surface area (Å²) in [6, 6.07) is 5.45. The van der Waals surface area contributed by atoms with Crippen LogP contribution in [0.5, 0.6) is 5.88 Å². The Hall–Kier alpha value is -3.55. The van der Waals surface area contributed by atoms with E-state index < -0.39 is 10.0 Å². The number of benzene rings is 1. The lowest BCUT2D eigenvalue weighted by molar-refractivity contribution is -0.0721. The Morgan fingerprint density at radius 1 is 1.14 bits per heavy atom. The summed E-state index contributed by atoms with van der Waals surface area (Å²) >= 11 is 0. The standard InChI is InChI=1S/C23H27N7O5S/c1-13-10-30(11-14(2)34-13)12-21-27-28-22(35-21)17-5-15(6-19-18(17)9-25-26-19)16-7-20(29-36(4,31)32)23(33-3)24-8-16/h5-9,13-14,29H,10-12H2,1-4H3,(H,25,26)/t13-,14+. The van der Waals surface area contributed by atoms with Crippen LogP contribution in [0.3, 0.4) is 0 Å². The van der Waals surface area contributed by atoms with Crippen molar-refractivity contribution in [3.8, 4) is 28.5 Å². The first-order chi connectivity index (χ1) is 17.2. The fourth-order valence-electron chi connectivity index (χ4n) is 4.47. The molecule has 0 radical (unpaired) electrons. The van der Waals surface area contributed by atoms with E-state index in [0.717, 1.165) is 35.8 Å². The Kier molecular flexibility index (Phi) is 6.36. The lowest BCUT2D eigenvalue weighted by Gasteiger charge is -2.34. The summed E-state index contributed by atoms with van der Waals surface area (Å²) < 4.78 is 43.2. The maximum atomic E-state index is 11.8. The minimum atomic E-state index is -3.53. The molecule has 2 N–H and O–H groups in total. The number of ether oxygens (including phenoxy) is 2. The first-order valence-electron chi connectivity index (χ1n) is 11.4. The molecule has 0 saturated carbocycles. The smallest absolute Gasteiger partial charge is 0.248 e. The van der Waals surface area contributed by atoms with Crippen LogP contribution in [0, 0.1) is 0 Å². The highest BCUT2D eigenvalue weighted by Crippen LogP contribution is 2.35. The van der Waals surface area contributed by atoms with Gasteiger partial charge in [0.15, 0.2) is 0 Å². The van der Waals surface area contributed by atoms with E-state index in [-0.39, 0.29) is 23.8 Å². The van der Waals surface area contributed by atoms with Crippen LogP contribution < -0.4 is 9.46 Å². The Labute approximate surface area is 208 Å². The molecular formula is C23H27N7O5S. The third kappa shape index (κ3) is 5.17.